The van der Waals surface area contributed by atoms with Gasteiger partial charge in [0.2, 0.25) is 0 Å². The Labute approximate surface area is 127 Å². The third-order valence-electron chi connectivity index (χ3n) is 4.67. The Morgan fingerprint density at radius 3 is 2.60 bits per heavy atom. The van der Waals surface area contributed by atoms with Crippen LogP contribution in [0.5, 0.6) is 0 Å². The molecule has 1 unspecified atom stereocenters. The highest BCUT2D eigenvalue weighted by Gasteiger charge is 2.30. The lowest BCUT2D eigenvalue weighted by Crippen LogP contribution is -2.44. The zero-order chi connectivity index (χ0) is 14.5. The van der Waals surface area contributed by atoms with Crippen molar-refractivity contribution in [1.29, 1.82) is 0 Å². The summed E-state index contributed by atoms with van der Waals surface area (Å²) in [5, 5.41) is 14.4. The van der Waals surface area contributed by atoms with Crippen LogP contribution in [0.1, 0.15) is 51.0 Å². The smallest absolute Gasteiger partial charge is 0.0692 e. The monoisotopic (exact) mass is 295 g/mol. The summed E-state index contributed by atoms with van der Waals surface area (Å²) in [5.74, 6) is 1.04. The molecule has 0 saturated heterocycles. The fourth-order valence-electron chi connectivity index (χ4n) is 3.10. The largest absolute Gasteiger partial charge is 0.392 e. The van der Waals surface area contributed by atoms with Crippen molar-refractivity contribution >= 4 is 11.6 Å². The zero-order valence-corrected chi connectivity index (χ0v) is 13.2. The molecule has 0 aliphatic heterocycles. The Morgan fingerprint density at radius 1 is 1.30 bits per heavy atom. The Balaban J connectivity index is 1.72. The molecule has 0 heterocycles. The third-order valence-corrected chi connectivity index (χ3v) is 4.90. The molecule has 1 fully saturated rings. The number of aliphatic hydroxyl groups excluding tert-OH is 1. The first-order valence-corrected chi connectivity index (χ1v) is 8.18. The highest BCUT2D eigenvalue weighted by atomic mass is 35.5. The van der Waals surface area contributed by atoms with Crippen molar-refractivity contribution in [1.82, 2.24) is 5.32 Å². The highest BCUT2D eigenvalue weighted by Crippen LogP contribution is 2.37. The van der Waals surface area contributed by atoms with Gasteiger partial charge >= 0.3 is 0 Å². The summed E-state index contributed by atoms with van der Waals surface area (Å²) in [6.07, 6.45) is 4.19. The lowest BCUT2D eigenvalue weighted by molar-refractivity contribution is 0.0925. The first-order chi connectivity index (χ1) is 9.63. The number of hydrogen-bond acceptors (Lipinski definition) is 2. The minimum atomic E-state index is -0.213. The van der Waals surface area contributed by atoms with Crippen LogP contribution in [0, 0.1) is 5.92 Å². The third kappa shape index (κ3) is 3.97. The van der Waals surface area contributed by atoms with Crippen LogP contribution in [-0.4, -0.2) is 23.8 Å². The quantitative estimate of drug-likeness (QED) is 0.798. The second-order valence-corrected chi connectivity index (χ2v) is 6.41. The van der Waals surface area contributed by atoms with Crippen molar-refractivity contribution in [3.63, 3.8) is 0 Å². The average Bonchev–Trinajstić information content (AvgIpc) is 2.38. The SMILES string of the molecule is CCC(CC)C(O)CNC1CC(c2cccc(Cl)c2)C1. The van der Waals surface area contributed by atoms with Gasteiger partial charge in [-0.15, -0.1) is 0 Å². The number of halogens is 1. The van der Waals surface area contributed by atoms with Crippen molar-refractivity contribution in [2.24, 2.45) is 5.92 Å². The predicted octanol–water partition coefficient (Wildman–Crippen LogP) is 3.97. The lowest BCUT2D eigenvalue weighted by atomic mass is 9.76. The molecule has 20 heavy (non-hydrogen) atoms. The van der Waals surface area contributed by atoms with E-state index in [2.05, 4.69) is 31.3 Å². The first kappa shape index (κ1) is 15.8. The molecule has 1 aromatic rings. The summed E-state index contributed by atoms with van der Waals surface area (Å²) in [4.78, 5) is 0. The van der Waals surface area contributed by atoms with Gasteiger partial charge in [0, 0.05) is 17.6 Å². The van der Waals surface area contributed by atoms with Gasteiger partial charge in [-0.05, 0) is 42.4 Å². The second kappa shape index (κ2) is 7.44. The van der Waals surface area contributed by atoms with E-state index in [1.165, 1.54) is 5.56 Å². The fraction of sp³-hybridized carbons (Fsp3) is 0.647. The van der Waals surface area contributed by atoms with Crippen molar-refractivity contribution in [3.8, 4) is 0 Å². The van der Waals surface area contributed by atoms with E-state index in [9.17, 15) is 5.11 Å². The van der Waals surface area contributed by atoms with E-state index in [0.29, 0.717) is 17.9 Å². The molecule has 2 N–H and O–H groups in total. The van der Waals surface area contributed by atoms with Crippen LogP contribution in [0.3, 0.4) is 0 Å². The van der Waals surface area contributed by atoms with Gasteiger partial charge < -0.3 is 10.4 Å². The summed E-state index contributed by atoms with van der Waals surface area (Å²) >= 11 is 6.03. The molecule has 1 aliphatic carbocycles. The molecule has 0 radical (unpaired) electrons. The second-order valence-electron chi connectivity index (χ2n) is 5.97. The minimum absolute atomic E-state index is 0.213. The normalized spacial score (nSPS) is 23.6. The van der Waals surface area contributed by atoms with Gasteiger partial charge in [0.1, 0.15) is 0 Å². The van der Waals surface area contributed by atoms with Crippen LogP contribution in [0.4, 0.5) is 0 Å². The molecule has 1 aromatic carbocycles. The average molecular weight is 296 g/mol. The van der Waals surface area contributed by atoms with E-state index in [-0.39, 0.29) is 6.10 Å². The minimum Gasteiger partial charge on any atom is -0.392 e. The standard InChI is InChI=1S/C17H26ClNO/c1-3-12(4-2)17(20)11-19-16-9-14(10-16)13-6-5-7-15(18)8-13/h5-8,12,14,16-17,19-20H,3-4,9-11H2,1-2H3. The molecular formula is C17H26ClNO. The zero-order valence-electron chi connectivity index (χ0n) is 12.5. The number of nitrogens with one attached hydrogen (secondary N) is 1. The number of rotatable bonds is 7. The maximum absolute atomic E-state index is 10.1. The highest BCUT2D eigenvalue weighted by molar-refractivity contribution is 6.30. The van der Waals surface area contributed by atoms with Gasteiger partial charge in [-0.1, -0.05) is 50.4 Å². The Bertz CT molecular complexity index is 413. The van der Waals surface area contributed by atoms with Gasteiger partial charge in [0.25, 0.3) is 0 Å². The summed E-state index contributed by atoms with van der Waals surface area (Å²) in [6, 6.07) is 8.72. The van der Waals surface area contributed by atoms with Gasteiger partial charge in [0.15, 0.2) is 0 Å². The first-order valence-electron chi connectivity index (χ1n) is 7.80. The molecule has 1 aliphatic rings. The van der Waals surface area contributed by atoms with E-state index < -0.39 is 0 Å². The van der Waals surface area contributed by atoms with Crippen LogP contribution in [0.2, 0.25) is 5.02 Å². The maximum atomic E-state index is 10.1. The van der Waals surface area contributed by atoms with Crippen LogP contribution >= 0.6 is 11.6 Å². The fourth-order valence-corrected chi connectivity index (χ4v) is 3.30. The van der Waals surface area contributed by atoms with Crippen molar-refractivity contribution < 1.29 is 5.11 Å². The predicted molar refractivity (Wildman–Crippen MR) is 85.3 cm³/mol. The maximum Gasteiger partial charge on any atom is 0.0692 e. The Morgan fingerprint density at radius 2 is 2.00 bits per heavy atom. The lowest BCUT2D eigenvalue weighted by Gasteiger charge is -2.37. The summed E-state index contributed by atoms with van der Waals surface area (Å²) in [6.45, 7) is 5.02. The van der Waals surface area contributed by atoms with E-state index in [0.717, 1.165) is 37.3 Å². The molecule has 1 saturated carbocycles. The summed E-state index contributed by atoms with van der Waals surface area (Å²) in [5.41, 5.74) is 1.34. The molecule has 2 nitrogen and oxygen atoms in total. The summed E-state index contributed by atoms with van der Waals surface area (Å²) < 4.78 is 0. The molecule has 2 rings (SSSR count). The van der Waals surface area contributed by atoms with E-state index >= 15 is 0 Å². The van der Waals surface area contributed by atoms with Crippen molar-refractivity contribution in [2.45, 2.75) is 57.6 Å². The summed E-state index contributed by atoms with van der Waals surface area (Å²) in [7, 11) is 0. The molecule has 112 valence electrons. The molecule has 0 amide bonds. The van der Waals surface area contributed by atoms with E-state index in [1.807, 2.05) is 12.1 Å². The van der Waals surface area contributed by atoms with Gasteiger partial charge in [-0.3, -0.25) is 0 Å². The van der Waals surface area contributed by atoms with E-state index in [4.69, 9.17) is 11.6 Å². The molecule has 1 atom stereocenters. The van der Waals surface area contributed by atoms with E-state index in [1.54, 1.807) is 0 Å². The van der Waals surface area contributed by atoms with Crippen molar-refractivity contribution in [3.05, 3.63) is 34.9 Å². The van der Waals surface area contributed by atoms with Gasteiger partial charge in [0.05, 0.1) is 6.10 Å². The number of benzene rings is 1. The molecule has 0 spiro atoms. The van der Waals surface area contributed by atoms with Crippen LogP contribution in [0.15, 0.2) is 24.3 Å². The Kier molecular flexibility index (Phi) is 5.88. The Hall–Kier alpha value is -0.570. The van der Waals surface area contributed by atoms with Crippen molar-refractivity contribution in [2.75, 3.05) is 6.54 Å². The molecule has 0 bridgehead atoms. The molecule has 3 heteroatoms. The van der Waals surface area contributed by atoms with Gasteiger partial charge in [-0.2, -0.15) is 0 Å². The molecular weight excluding hydrogens is 270 g/mol. The van der Waals surface area contributed by atoms with Crippen LogP contribution < -0.4 is 5.32 Å². The number of hydrogen-bond donors (Lipinski definition) is 2. The van der Waals surface area contributed by atoms with Crippen LogP contribution in [0.25, 0.3) is 0 Å². The number of aliphatic hydroxyl groups is 1. The molecule has 0 aromatic heterocycles. The van der Waals surface area contributed by atoms with Crippen LogP contribution in [-0.2, 0) is 0 Å². The van der Waals surface area contributed by atoms with Gasteiger partial charge in [-0.25, -0.2) is 0 Å². The topological polar surface area (TPSA) is 32.3 Å².